The minimum Gasteiger partial charge on any atom is -0.481 e. The van der Waals surface area contributed by atoms with Gasteiger partial charge in [-0.05, 0) is 32.1 Å². The normalized spacial score (nSPS) is 17.4. The molecule has 12 N–H and O–H groups in total. The quantitative estimate of drug-likeness (QED) is 0.0594. The number of nitrogens with zero attached hydrogens (tertiary/aromatic N) is 2. The van der Waals surface area contributed by atoms with Crippen molar-refractivity contribution in [2.75, 3.05) is 13.1 Å². The Morgan fingerprint density at radius 2 is 1.61 bits per heavy atom. The van der Waals surface area contributed by atoms with Crippen molar-refractivity contribution in [3.8, 4) is 0 Å². The maximum atomic E-state index is 13.2. The predicted molar refractivity (Wildman–Crippen MR) is 125 cm³/mol. The number of nitrogens with two attached hydrogens (primary N) is 4. The van der Waals surface area contributed by atoms with Crippen molar-refractivity contribution in [2.24, 2.45) is 27.9 Å². The number of primary amides is 1. The zero-order chi connectivity index (χ0) is 27.4. The molecule has 36 heavy (non-hydrogen) atoms. The summed E-state index contributed by atoms with van der Waals surface area (Å²) in [6, 6.07) is -5.04. The molecule has 1 heterocycles. The lowest BCUT2D eigenvalue weighted by atomic mass is 10.1. The fourth-order valence-electron chi connectivity index (χ4n) is 3.62. The second-order valence-electron chi connectivity index (χ2n) is 8.31. The summed E-state index contributed by atoms with van der Waals surface area (Å²) in [6.45, 7) is 0.306. The topological polar surface area (TPSA) is 287 Å². The molecule has 4 unspecified atom stereocenters. The molecule has 16 nitrogen and oxygen atoms in total. The predicted octanol–water partition coefficient (Wildman–Crippen LogP) is -3.85. The summed E-state index contributed by atoms with van der Waals surface area (Å²) >= 11 is 0. The number of likely N-dealkylation sites (tertiary alicyclic amines) is 1. The number of rotatable bonds is 15. The van der Waals surface area contributed by atoms with Crippen LogP contribution in [0.25, 0.3) is 0 Å². The van der Waals surface area contributed by atoms with Crippen molar-refractivity contribution in [1.82, 2.24) is 15.5 Å². The molecule has 0 bridgehead atoms. The molecule has 0 aromatic carbocycles. The molecular weight excluding hydrogens is 480 g/mol. The van der Waals surface area contributed by atoms with Gasteiger partial charge in [0.2, 0.25) is 23.6 Å². The van der Waals surface area contributed by atoms with Gasteiger partial charge in [0.05, 0.1) is 12.5 Å². The maximum Gasteiger partial charge on any atom is 0.326 e. The van der Waals surface area contributed by atoms with E-state index in [9.17, 15) is 33.9 Å². The number of carboxylic acid groups (broad SMARTS) is 2. The molecule has 4 amide bonds. The summed E-state index contributed by atoms with van der Waals surface area (Å²) in [5.74, 6) is -5.93. The van der Waals surface area contributed by atoms with Crippen LogP contribution in [0.15, 0.2) is 4.99 Å². The number of carboxylic acids is 2. The number of hydrogen-bond donors (Lipinski definition) is 8. The second kappa shape index (κ2) is 14.4. The van der Waals surface area contributed by atoms with Crippen LogP contribution < -0.4 is 33.6 Å². The second-order valence-corrected chi connectivity index (χ2v) is 8.31. The number of aliphatic carboxylic acids is 2. The number of carbonyl (C=O) groups excluding carboxylic acids is 4. The lowest BCUT2D eigenvalue weighted by Gasteiger charge is -2.28. The minimum absolute atomic E-state index is 0.0273. The molecule has 1 aliphatic rings. The van der Waals surface area contributed by atoms with Crippen molar-refractivity contribution in [2.45, 2.75) is 69.1 Å². The van der Waals surface area contributed by atoms with Gasteiger partial charge in [-0.15, -0.1) is 0 Å². The highest BCUT2D eigenvalue weighted by Crippen LogP contribution is 2.19. The minimum atomic E-state index is -1.51. The maximum absolute atomic E-state index is 13.2. The zero-order valence-corrected chi connectivity index (χ0v) is 19.7. The van der Waals surface area contributed by atoms with Crippen LogP contribution in [0, 0.1) is 0 Å². The SMILES string of the molecule is NC(=O)CC(NC(=O)C(N)CCC(=O)O)C(=O)NC(CCCN=C(N)N)C(=O)N1CCCC1C(=O)O. The van der Waals surface area contributed by atoms with Crippen LogP contribution in [-0.2, 0) is 28.8 Å². The van der Waals surface area contributed by atoms with Gasteiger partial charge in [-0.2, -0.15) is 0 Å². The first-order chi connectivity index (χ1) is 16.8. The average molecular weight is 515 g/mol. The highest BCUT2D eigenvalue weighted by atomic mass is 16.4. The molecule has 0 spiro atoms. The number of aliphatic imine (C=N–C) groups is 1. The first-order valence-electron chi connectivity index (χ1n) is 11.3. The van der Waals surface area contributed by atoms with Crippen molar-refractivity contribution >= 4 is 41.5 Å². The van der Waals surface area contributed by atoms with Crippen molar-refractivity contribution in [3.63, 3.8) is 0 Å². The number of nitrogens with one attached hydrogen (secondary N) is 2. The first kappa shape index (κ1) is 30.1. The Morgan fingerprint density at radius 1 is 0.972 bits per heavy atom. The Labute approximate surface area is 206 Å². The standard InChI is InChI=1S/C20H34N8O8/c21-10(5-6-15(30)31)16(32)27-12(9-14(22)29)17(33)26-11(3-1-7-25-20(23)24)18(34)28-8-2-4-13(28)19(35)36/h10-13H,1-9,21H2,(H2,22,29)(H,26,33)(H,27,32)(H,30,31)(H,35,36)(H4,23,24,25). The third-order valence-corrected chi connectivity index (χ3v) is 5.43. The fraction of sp³-hybridized carbons (Fsp3) is 0.650. The van der Waals surface area contributed by atoms with E-state index in [1.807, 2.05) is 0 Å². The Kier molecular flexibility index (Phi) is 12.1. The van der Waals surface area contributed by atoms with Crippen LogP contribution in [-0.4, -0.2) is 93.9 Å². The van der Waals surface area contributed by atoms with Gasteiger partial charge in [-0.3, -0.25) is 29.0 Å². The number of amides is 4. The third-order valence-electron chi connectivity index (χ3n) is 5.43. The van der Waals surface area contributed by atoms with Crippen molar-refractivity contribution in [3.05, 3.63) is 0 Å². The van der Waals surface area contributed by atoms with Crippen LogP contribution >= 0.6 is 0 Å². The smallest absolute Gasteiger partial charge is 0.326 e. The van der Waals surface area contributed by atoms with E-state index in [-0.39, 0.29) is 44.7 Å². The molecule has 1 aliphatic heterocycles. The number of hydrogen-bond acceptors (Lipinski definition) is 8. The van der Waals surface area contributed by atoms with Crippen molar-refractivity contribution < 1.29 is 39.0 Å². The van der Waals surface area contributed by atoms with Gasteiger partial charge < -0.3 is 48.7 Å². The molecule has 0 radical (unpaired) electrons. The van der Waals surface area contributed by atoms with Gasteiger partial charge in [0.25, 0.3) is 0 Å². The summed E-state index contributed by atoms with van der Waals surface area (Å²) < 4.78 is 0. The summed E-state index contributed by atoms with van der Waals surface area (Å²) in [4.78, 5) is 77.1. The highest BCUT2D eigenvalue weighted by molar-refractivity contribution is 5.96. The molecule has 0 aliphatic carbocycles. The number of carbonyl (C=O) groups is 6. The van der Waals surface area contributed by atoms with Gasteiger partial charge >= 0.3 is 11.9 Å². The van der Waals surface area contributed by atoms with Crippen molar-refractivity contribution in [1.29, 1.82) is 0 Å². The van der Waals surface area contributed by atoms with E-state index in [0.29, 0.717) is 6.42 Å². The average Bonchev–Trinajstić information content (AvgIpc) is 3.28. The summed E-state index contributed by atoms with van der Waals surface area (Å²) in [5, 5.41) is 22.9. The largest absolute Gasteiger partial charge is 0.481 e. The first-order valence-corrected chi connectivity index (χ1v) is 11.3. The van der Waals surface area contributed by atoms with Crippen LogP contribution in [0.3, 0.4) is 0 Å². The molecule has 1 saturated heterocycles. The van der Waals surface area contributed by atoms with Crippen LogP contribution in [0.5, 0.6) is 0 Å². The van der Waals surface area contributed by atoms with Crippen LogP contribution in [0.2, 0.25) is 0 Å². The molecular formula is C20H34N8O8. The third kappa shape index (κ3) is 10.1. The van der Waals surface area contributed by atoms with E-state index in [1.165, 1.54) is 0 Å². The Balaban J connectivity index is 3.02. The fourth-order valence-corrected chi connectivity index (χ4v) is 3.62. The monoisotopic (exact) mass is 514 g/mol. The molecule has 4 atom stereocenters. The zero-order valence-electron chi connectivity index (χ0n) is 19.7. The van der Waals surface area contributed by atoms with E-state index >= 15 is 0 Å². The van der Waals surface area contributed by atoms with Crippen LogP contribution in [0.1, 0.15) is 44.9 Å². The van der Waals surface area contributed by atoms with Gasteiger partial charge in [-0.1, -0.05) is 0 Å². The van der Waals surface area contributed by atoms with E-state index in [2.05, 4.69) is 15.6 Å². The van der Waals surface area contributed by atoms with E-state index in [1.54, 1.807) is 0 Å². The summed E-state index contributed by atoms with van der Waals surface area (Å²) in [6.07, 6.45) is -0.250. The van der Waals surface area contributed by atoms with E-state index in [0.717, 1.165) is 4.90 Å². The van der Waals surface area contributed by atoms with Gasteiger partial charge in [0, 0.05) is 19.5 Å². The molecule has 1 rings (SSSR count). The Bertz CT molecular complexity index is 876. The molecule has 1 fully saturated rings. The highest BCUT2D eigenvalue weighted by Gasteiger charge is 2.38. The lowest BCUT2D eigenvalue weighted by molar-refractivity contribution is -0.149. The van der Waals surface area contributed by atoms with Gasteiger partial charge in [0.15, 0.2) is 5.96 Å². The van der Waals surface area contributed by atoms with E-state index < -0.39 is 72.6 Å². The Hall–Kier alpha value is -3.95. The van der Waals surface area contributed by atoms with Gasteiger partial charge in [-0.25, -0.2) is 4.79 Å². The van der Waals surface area contributed by atoms with E-state index in [4.69, 9.17) is 28.0 Å². The summed E-state index contributed by atoms with van der Waals surface area (Å²) in [5.41, 5.74) is 21.4. The molecule has 0 aromatic rings. The lowest BCUT2D eigenvalue weighted by Crippen LogP contribution is -2.57. The molecule has 16 heteroatoms. The molecule has 202 valence electrons. The molecule has 0 saturated carbocycles. The summed E-state index contributed by atoms with van der Waals surface area (Å²) in [7, 11) is 0. The van der Waals surface area contributed by atoms with Gasteiger partial charge in [0.1, 0.15) is 18.1 Å². The molecule has 0 aromatic heterocycles. The Morgan fingerprint density at radius 3 is 2.17 bits per heavy atom. The van der Waals surface area contributed by atoms with Crippen LogP contribution in [0.4, 0.5) is 0 Å². The number of guanidine groups is 1.